The van der Waals surface area contributed by atoms with Gasteiger partial charge in [0.15, 0.2) is 10.3 Å². The summed E-state index contributed by atoms with van der Waals surface area (Å²) in [7, 11) is 0. The van der Waals surface area contributed by atoms with Gasteiger partial charge in [-0.1, -0.05) is 49.4 Å². The maximum atomic E-state index is 13.4. The van der Waals surface area contributed by atoms with Crippen LogP contribution in [-0.2, 0) is 21.7 Å². The van der Waals surface area contributed by atoms with Crippen LogP contribution in [0.25, 0.3) is 0 Å². The summed E-state index contributed by atoms with van der Waals surface area (Å²) in [5, 5.41) is 5.23. The molecule has 0 aliphatic carbocycles. The van der Waals surface area contributed by atoms with E-state index in [1.807, 2.05) is 18.2 Å². The van der Waals surface area contributed by atoms with Crippen molar-refractivity contribution in [2.24, 2.45) is 0 Å². The molecule has 0 spiro atoms. The molecule has 2 atom stereocenters. The van der Waals surface area contributed by atoms with Gasteiger partial charge in [-0.25, -0.2) is 14.1 Å². The molecule has 2 aromatic carbocycles. The van der Waals surface area contributed by atoms with E-state index in [1.165, 1.54) is 25.4 Å². The van der Waals surface area contributed by atoms with Crippen molar-refractivity contribution in [2.75, 3.05) is 0 Å². The standard InChI is InChI=1S/C19H15ClFN3O2S.CH4/c1-12(25)27-18-22-11-23-24(18)10-19(13-6-8-14(21)9-7-13)17(26-19)15-4-2-3-5-16(15)20;/h2-9,11,17H,10H2,1H3;1H4. The summed E-state index contributed by atoms with van der Waals surface area (Å²) in [6, 6.07) is 13.6. The Morgan fingerprint density at radius 1 is 1.29 bits per heavy atom. The Balaban J connectivity index is 0.00000225. The molecule has 1 fully saturated rings. The molecule has 1 saturated heterocycles. The van der Waals surface area contributed by atoms with Gasteiger partial charge in [-0.2, -0.15) is 5.10 Å². The average molecular weight is 420 g/mol. The second kappa shape index (κ2) is 8.03. The van der Waals surface area contributed by atoms with Gasteiger partial charge in [0.25, 0.3) is 0 Å². The number of carbonyl (C=O) groups excluding carboxylic acids is 1. The third-order valence-electron chi connectivity index (χ3n) is 4.41. The van der Waals surface area contributed by atoms with Crippen LogP contribution in [0.4, 0.5) is 4.39 Å². The topological polar surface area (TPSA) is 60.3 Å². The van der Waals surface area contributed by atoms with Crippen LogP contribution in [0, 0.1) is 5.82 Å². The zero-order chi connectivity index (χ0) is 19.0. The van der Waals surface area contributed by atoms with Crippen molar-refractivity contribution in [1.29, 1.82) is 0 Å². The van der Waals surface area contributed by atoms with Gasteiger partial charge in [0.05, 0.1) is 6.54 Å². The number of carbonyl (C=O) groups is 1. The summed E-state index contributed by atoms with van der Waals surface area (Å²) < 4.78 is 21.2. The van der Waals surface area contributed by atoms with E-state index in [1.54, 1.807) is 22.9 Å². The molecule has 28 heavy (non-hydrogen) atoms. The van der Waals surface area contributed by atoms with E-state index >= 15 is 0 Å². The van der Waals surface area contributed by atoms with Crippen molar-refractivity contribution in [1.82, 2.24) is 14.8 Å². The Morgan fingerprint density at radius 3 is 2.68 bits per heavy atom. The Bertz CT molecular complexity index is 995. The lowest BCUT2D eigenvalue weighted by molar-refractivity contribution is -0.109. The molecule has 4 rings (SSSR count). The number of rotatable bonds is 5. The average Bonchev–Trinajstić information content (AvgIpc) is 3.20. The third-order valence-corrected chi connectivity index (χ3v) is 5.55. The Labute approximate surface area is 171 Å². The second-order valence-electron chi connectivity index (χ2n) is 6.21. The van der Waals surface area contributed by atoms with Crippen molar-refractivity contribution in [3.8, 4) is 0 Å². The van der Waals surface area contributed by atoms with Crippen LogP contribution in [-0.4, -0.2) is 19.9 Å². The molecule has 2 unspecified atom stereocenters. The van der Waals surface area contributed by atoms with E-state index in [0.717, 1.165) is 22.9 Å². The molecule has 0 N–H and O–H groups in total. The predicted molar refractivity (Wildman–Crippen MR) is 107 cm³/mol. The van der Waals surface area contributed by atoms with Crippen molar-refractivity contribution < 1.29 is 13.9 Å². The van der Waals surface area contributed by atoms with E-state index in [-0.39, 0.29) is 24.5 Å². The summed E-state index contributed by atoms with van der Waals surface area (Å²) in [4.78, 5) is 15.6. The fraction of sp³-hybridized carbons (Fsp3) is 0.250. The molecule has 5 nitrogen and oxygen atoms in total. The summed E-state index contributed by atoms with van der Waals surface area (Å²) >= 11 is 7.36. The SMILES string of the molecule is C.CC(=O)Sc1ncnn1CC1(c2ccc(F)cc2)OC1c1ccccc1Cl. The van der Waals surface area contributed by atoms with Gasteiger partial charge in [-0.05, 0) is 35.5 Å². The van der Waals surface area contributed by atoms with Crippen LogP contribution in [0.1, 0.15) is 31.6 Å². The van der Waals surface area contributed by atoms with E-state index in [9.17, 15) is 9.18 Å². The molecule has 0 amide bonds. The summed E-state index contributed by atoms with van der Waals surface area (Å²) in [5.74, 6) is -0.322. The van der Waals surface area contributed by atoms with Gasteiger partial charge in [0.2, 0.25) is 0 Å². The summed E-state index contributed by atoms with van der Waals surface area (Å²) in [5.41, 5.74) is 0.894. The van der Waals surface area contributed by atoms with Crippen LogP contribution in [0.3, 0.4) is 0 Å². The van der Waals surface area contributed by atoms with Gasteiger partial charge >= 0.3 is 0 Å². The second-order valence-corrected chi connectivity index (χ2v) is 7.76. The monoisotopic (exact) mass is 419 g/mol. The molecule has 146 valence electrons. The number of nitrogens with zero attached hydrogens (tertiary/aromatic N) is 3. The number of hydrogen-bond donors (Lipinski definition) is 0. The summed E-state index contributed by atoms with van der Waals surface area (Å²) in [6.07, 6.45) is 1.09. The molecule has 3 aromatic rings. The lowest BCUT2D eigenvalue weighted by atomic mass is 9.91. The van der Waals surface area contributed by atoms with Crippen molar-refractivity contribution in [3.05, 3.63) is 76.8 Å². The van der Waals surface area contributed by atoms with Crippen molar-refractivity contribution in [2.45, 2.75) is 37.8 Å². The molecule has 1 aliphatic heterocycles. The minimum atomic E-state index is -0.765. The Hall–Kier alpha value is -2.22. The number of thioether (sulfide) groups is 1. The Kier molecular flexibility index (Phi) is 5.88. The molecule has 1 aliphatic rings. The van der Waals surface area contributed by atoms with Gasteiger partial charge in [-0.3, -0.25) is 4.79 Å². The predicted octanol–water partition coefficient (Wildman–Crippen LogP) is 5.01. The van der Waals surface area contributed by atoms with Gasteiger partial charge < -0.3 is 4.74 Å². The number of ether oxygens (including phenoxy) is 1. The van der Waals surface area contributed by atoms with Crippen LogP contribution in [0.2, 0.25) is 5.02 Å². The van der Waals surface area contributed by atoms with Crippen molar-refractivity contribution >= 4 is 28.5 Å². The lowest BCUT2D eigenvalue weighted by Gasteiger charge is -2.15. The molecular formula is C20H19ClFN3O2S. The van der Waals surface area contributed by atoms with Gasteiger partial charge in [0, 0.05) is 17.5 Å². The zero-order valence-electron chi connectivity index (χ0n) is 14.3. The first-order valence-corrected chi connectivity index (χ1v) is 9.43. The van der Waals surface area contributed by atoms with Crippen LogP contribution >= 0.6 is 23.4 Å². The molecule has 2 heterocycles. The normalized spacial score (nSPS) is 20.5. The summed E-state index contributed by atoms with van der Waals surface area (Å²) in [6.45, 7) is 1.80. The fourth-order valence-corrected chi connectivity index (χ4v) is 3.94. The molecule has 0 radical (unpaired) electrons. The van der Waals surface area contributed by atoms with Crippen LogP contribution < -0.4 is 0 Å². The highest BCUT2D eigenvalue weighted by atomic mass is 35.5. The lowest BCUT2D eigenvalue weighted by Crippen LogP contribution is -2.21. The van der Waals surface area contributed by atoms with Crippen LogP contribution in [0.15, 0.2) is 60.0 Å². The van der Waals surface area contributed by atoms with Gasteiger partial charge in [0.1, 0.15) is 23.8 Å². The van der Waals surface area contributed by atoms with Crippen molar-refractivity contribution in [3.63, 3.8) is 0 Å². The quantitative estimate of drug-likeness (QED) is 0.429. The fourth-order valence-electron chi connectivity index (χ4n) is 3.13. The first kappa shape index (κ1) is 20.5. The number of benzene rings is 2. The largest absolute Gasteiger partial charge is 0.354 e. The zero-order valence-corrected chi connectivity index (χ0v) is 15.9. The maximum Gasteiger partial charge on any atom is 0.193 e. The number of halogens is 2. The van der Waals surface area contributed by atoms with E-state index < -0.39 is 5.60 Å². The minimum absolute atomic E-state index is 0. The first-order valence-electron chi connectivity index (χ1n) is 8.24. The maximum absolute atomic E-state index is 13.4. The van der Waals surface area contributed by atoms with Gasteiger partial charge in [-0.15, -0.1) is 0 Å². The smallest absolute Gasteiger partial charge is 0.193 e. The van der Waals surface area contributed by atoms with E-state index in [0.29, 0.717) is 16.7 Å². The molecule has 0 bridgehead atoms. The number of epoxide rings is 1. The molecule has 0 saturated carbocycles. The number of hydrogen-bond acceptors (Lipinski definition) is 5. The van der Waals surface area contributed by atoms with Crippen LogP contribution in [0.5, 0.6) is 0 Å². The molecular weight excluding hydrogens is 401 g/mol. The minimum Gasteiger partial charge on any atom is -0.354 e. The Morgan fingerprint density at radius 2 is 2.00 bits per heavy atom. The molecule has 1 aromatic heterocycles. The highest BCUT2D eigenvalue weighted by molar-refractivity contribution is 8.13. The number of aromatic nitrogens is 3. The third kappa shape index (κ3) is 3.83. The van der Waals surface area contributed by atoms with E-state index in [4.69, 9.17) is 16.3 Å². The highest BCUT2D eigenvalue weighted by Gasteiger charge is 2.59. The van der Waals surface area contributed by atoms with E-state index in [2.05, 4.69) is 10.1 Å². The molecule has 8 heteroatoms. The highest BCUT2D eigenvalue weighted by Crippen LogP contribution is 2.59. The first-order chi connectivity index (χ1) is 13.0.